The van der Waals surface area contributed by atoms with E-state index in [9.17, 15) is 21.6 Å². The van der Waals surface area contributed by atoms with Gasteiger partial charge in [0, 0.05) is 38.0 Å². The molecule has 2 rings (SSSR count). The second-order valence-corrected chi connectivity index (χ2v) is 9.53. The van der Waals surface area contributed by atoms with Crippen molar-refractivity contribution in [3.63, 3.8) is 0 Å². The van der Waals surface area contributed by atoms with Crippen LogP contribution in [0.25, 0.3) is 0 Å². The fourth-order valence-electron chi connectivity index (χ4n) is 3.11. The van der Waals surface area contributed by atoms with Crippen molar-refractivity contribution in [3.8, 4) is 0 Å². The monoisotopic (exact) mass is 562 g/mol. The summed E-state index contributed by atoms with van der Waals surface area (Å²) in [4.78, 5) is 6.51. The van der Waals surface area contributed by atoms with Gasteiger partial charge in [0.25, 0.3) is 0 Å². The van der Waals surface area contributed by atoms with Crippen molar-refractivity contribution in [2.45, 2.75) is 39.0 Å². The van der Waals surface area contributed by atoms with Crippen molar-refractivity contribution < 1.29 is 21.6 Å². The van der Waals surface area contributed by atoms with Crippen LogP contribution in [-0.4, -0.2) is 63.0 Å². The predicted octanol–water partition coefficient (Wildman–Crippen LogP) is 2.89. The average molecular weight is 562 g/mol. The lowest BCUT2D eigenvalue weighted by atomic mass is 10.1. The zero-order valence-electron chi connectivity index (χ0n) is 17.2. The fourth-order valence-corrected chi connectivity index (χ4v) is 3.76. The Balaban J connectivity index is 0.00000450. The van der Waals surface area contributed by atoms with Crippen molar-refractivity contribution in [3.05, 3.63) is 35.4 Å². The van der Waals surface area contributed by atoms with Gasteiger partial charge in [0.1, 0.15) is 0 Å². The van der Waals surface area contributed by atoms with Gasteiger partial charge in [-0.05, 0) is 31.0 Å². The van der Waals surface area contributed by atoms with E-state index in [4.69, 9.17) is 0 Å². The zero-order chi connectivity index (χ0) is 21.5. The molecule has 0 saturated carbocycles. The van der Waals surface area contributed by atoms with Gasteiger partial charge in [-0.3, -0.25) is 9.89 Å². The minimum absolute atomic E-state index is 0. The number of aliphatic imine (C=N–C) groups is 1. The van der Waals surface area contributed by atoms with Crippen LogP contribution in [0.3, 0.4) is 0 Å². The van der Waals surface area contributed by atoms with Crippen LogP contribution in [0.1, 0.15) is 31.4 Å². The summed E-state index contributed by atoms with van der Waals surface area (Å²) in [5, 5.41) is 6.44. The highest BCUT2D eigenvalue weighted by Crippen LogP contribution is 2.29. The van der Waals surface area contributed by atoms with Crippen LogP contribution < -0.4 is 10.6 Å². The topological polar surface area (TPSA) is 73.8 Å². The predicted molar refractivity (Wildman–Crippen MR) is 124 cm³/mol. The molecule has 6 nitrogen and oxygen atoms in total. The summed E-state index contributed by atoms with van der Waals surface area (Å²) in [6.45, 7) is 6.55. The molecule has 0 aliphatic carbocycles. The van der Waals surface area contributed by atoms with E-state index >= 15 is 0 Å². The molecule has 1 aliphatic rings. The summed E-state index contributed by atoms with van der Waals surface area (Å²) in [6, 6.07) is 5.40. The molecule has 0 spiro atoms. The van der Waals surface area contributed by atoms with Crippen LogP contribution in [0, 0.1) is 0 Å². The van der Waals surface area contributed by atoms with Gasteiger partial charge in [0.05, 0.1) is 17.9 Å². The molecule has 1 fully saturated rings. The molecule has 0 radical (unpaired) electrons. The number of guanidine groups is 1. The number of nitrogens with zero attached hydrogens (tertiary/aromatic N) is 2. The Morgan fingerprint density at radius 2 is 1.90 bits per heavy atom. The second kappa shape index (κ2) is 12.1. The van der Waals surface area contributed by atoms with E-state index in [-0.39, 0.29) is 48.1 Å². The van der Waals surface area contributed by atoms with Crippen LogP contribution in [0.2, 0.25) is 0 Å². The number of sulfone groups is 1. The third-order valence-electron chi connectivity index (χ3n) is 4.76. The number of hydrogen-bond donors (Lipinski definition) is 2. The van der Waals surface area contributed by atoms with Crippen molar-refractivity contribution in [1.29, 1.82) is 0 Å². The van der Waals surface area contributed by atoms with Gasteiger partial charge in [-0.1, -0.05) is 19.1 Å². The van der Waals surface area contributed by atoms with E-state index in [1.54, 1.807) is 6.92 Å². The number of hydrogen-bond acceptors (Lipinski definition) is 4. The van der Waals surface area contributed by atoms with E-state index in [1.807, 2.05) is 6.92 Å². The standard InChI is InChI=1S/C19H29F3N4O2S.HI/c1-3-23-18(24-10-12-29(27,28)4-2)25-17-9-11-26(14-17)13-15-5-7-16(8-6-15)19(20,21)22;/h5-8,17H,3-4,9-14H2,1-2H3,(H2,23,24,25);1H. The number of likely N-dealkylation sites (tertiary alicyclic amines) is 1. The van der Waals surface area contributed by atoms with Crippen LogP contribution in [0.15, 0.2) is 29.3 Å². The lowest BCUT2D eigenvalue weighted by molar-refractivity contribution is -0.137. The Morgan fingerprint density at radius 1 is 1.23 bits per heavy atom. The van der Waals surface area contributed by atoms with Crippen LogP contribution in [0.5, 0.6) is 0 Å². The number of benzene rings is 1. The molecular weight excluding hydrogens is 532 g/mol. The quantitative estimate of drug-likeness (QED) is 0.290. The summed E-state index contributed by atoms with van der Waals surface area (Å²) in [5.41, 5.74) is 0.197. The normalized spacial score (nSPS) is 18.2. The number of nitrogens with one attached hydrogen (secondary N) is 2. The minimum atomic E-state index is -4.32. The molecule has 172 valence electrons. The van der Waals surface area contributed by atoms with E-state index in [0.29, 0.717) is 19.0 Å². The molecule has 1 saturated heterocycles. The molecule has 1 unspecified atom stereocenters. The molecule has 0 amide bonds. The molecular formula is C19H30F3IN4O2S. The van der Waals surface area contributed by atoms with Gasteiger partial charge in [-0.25, -0.2) is 8.42 Å². The molecule has 1 aromatic rings. The van der Waals surface area contributed by atoms with Gasteiger partial charge in [-0.15, -0.1) is 24.0 Å². The first kappa shape index (κ1) is 27.0. The van der Waals surface area contributed by atoms with Crippen LogP contribution >= 0.6 is 24.0 Å². The van der Waals surface area contributed by atoms with E-state index in [0.717, 1.165) is 37.2 Å². The van der Waals surface area contributed by atoms with Crippen molar-refractivity contribution in [1.82, 2.24) is 15.5 Å². The molecule has 30 heavy (non-hydrogen) atoms. The number of alkyl halides is 3. The van der Waals surface area contributed by atoms with Gasteiger partial charge in [0.2, 0.25) is 0 Å². The molecule has 0 aromatic heterocycles. The molecule has 11 heteroatoms. The van der Waals surface area contributed by atoms with Crippen molar-refractivity contribution >= 4 is 39.8 Å². The Bertz CT molecular complexity index is 786. The Labute approximate surface area is 193 Å². The largest absolute Gasteiger partial charge is 0.416 e. The molecule has 1 aromatic carbocycles. The highest BCUT2D eigenvalue weighted by Gasteiger charge is 2.30. The van der Waals surface area contributed by atoms with E-state index in [2.05, 4.69) is 20.5 Å². The first-order chi connectivity index (χ1) is 13.6. The highest BCUT2D eigenvalue weighted by molar-refractivity contribution is 14.0. The Morgan fingerprint density at radius 3 is 2.47 bits per heavy atom. The first-order valence-electron chi connectivity index (χ1n) is 9.76. The summed E-state index contributed by atoms with van der Waals surface area (Å²) in [6.07, 6.45) is -3.45. The maximum absolute atomic E-state index is 12.7. The number of rotatable bonds is 8. The van der Waals surface area contributed by atoms with E-state index < -0.39 is 21.6 Å². The van der Waals surface area contributed by atoms with Crippen molar-refractivity contribution in [2.24, 2.45) is 4.99 Å². The molecule has 1 heterocycles. The maximum atomic E-state index is 12.7. The summed E-state index contributed by atoms with van der Waals surface area (Å²) < 4.78 is 61.2. The lowest BCUT2D eigenvalue weighted by Gasteiger charge is -2.19. The lowest BCUT2D eigenvalue weighted by Crippen LogP contribution is -2.44. The third kappa shape index (κ3) is 8.96. The first-order valence-corrected chi connectivity index (χ1v) is 11.6. The SMILES string of the molecule is CCNC(=NCCS(=O)(=O)CC)NC1CCN(Cc2ccc(C(F)(F)F)cc2)C1.I. The highest BCUT2D eigenvalue weighted by atomic mass is 127. The number of halogens is 4. The third-order valence-corrected chi connectivity index (χ3v) is 6.44. The van der Waals surface area contributed by atoms with Crippen LogP contribution in [0.4, 0.5) is 13.2 Å². The average Bonchev–Trinajstić information content (AvgIpc) is 3.08. The Kier molecular flexibility index (Phi) is 10.9. The molecule has 0 bridgehead atoms. The summed E-state index contributed by atoms with van der Waals surface area (Å²) in [7, 11) is -3.05. The Hall–Kier alpha value is -1.08. The van der Waals surface area contributed by atoms with Gasteiger partial charge < -0.3 is 10.6 Å². The summed E-state index contributed by atoms with van der Waals surface area (Å²) >= 11 is 0. The fraction of sp³-hybridized carbons (Fsp3) is 0.632. The van der Waals surface area contributed by atoms with Crippen LogP contribution in [-0.2, 0) is 22.6 Å². The van der Waals surface area contributed by atoms with Gasteiger partial charge in [-0.2, -0.15) is 13.2 Å². The van der Waals surface area contributed by atoms with Crippen molar-refractivity contribution in [2.75, 3.05) is 37.7 Å². The minimum Gasteiger partial charge on any atom is -0.357 e. The van der Waals surface area contributed by atoms with Gasteiger partial charge >= 0.3 is 6.18 Å². The zero-order valence-corrected chi connectivity index (χ0v) is 20.4. The molecule has 2 N–H and O–H groups in total. The van der Waals surface area contributed by atoms with Gasteiger partial charge in [0.15, 0.2) is 15.8 Å². The van der Waals surface area contributed by atoms with E-state index in [1.165, 1.54) is 12.1 Å². The summed E-state index contributed by atoms with van der Waals surface area (Å²) in [5.74, 6) is 0.707. The maximum Gasteiger partial charge on any atom is 0.416 e. The smallest absolute Gasteiger partial charge is 0.357 e. The molecule has 1 atom stereocenters. The second-order valence-electron chi connectivity index (χ2n) is 7.06. The molecule has 1 aliphatic heterocycles.